The first-order valence-electron chi connectivity index (χ1n) is 12.3. The highest BCUT2D eigenvalue weighted by atomic mass is 16.6. The molecule has 0 spiro atoms. The highest BCUT2D eigenvalue weighted by Gasteiger charge is 2.33. The minimum absolute atomic E-state index is 0.0301. The first kappa shape index (κ1) is 28.0. The lowest BCUT2D eigenvalue weighted by molar-refractivity contribution is -0.137. The zero-order valence-electron chi connectivity index (χ0n) is 21.6. The monoisotopic (exact) mass is 520 g/mol. The van der Waals surface area contributed by atoms with Gasteiger partial charge in [-0.15, -0.1) is 0 Å². The summed E-state index contributed by atoms with van der Waals surface area (Å²) < 4.78 is 22.2. The predicted molar refractivity (Wildman–Crippen MR) is 138 cm³/mol. The van der Waals surface area contributed by atoms with E-state index in [0.29, 0.717) is 0 Å². The van der Waals surface area contributed by atoms with Gasteiger partial charge in [0.15, 0.2) is 17.3 Å². The molecular weight excluding hydrogens is 492 g/mol. The molecule has 198 valence electrons. The van der Waals surface area contributed by atoms with Crippen molar-refractivity contribution in [2.75, 3.05) is 0 Å². The Labute approximate surface area is 219 Å². The topological polar surface area (TPSA) is 122 Å². The average Bonchev–Trinajstić information content (AvgIpc) is 2.94. The van der Waals surface area contributed by atoms with Gasteiger partial charge in [-0.05, 0) is 6.07 Å². The molecule has 0 fully saturated rings. The van der Waals surface area contributed by atoms with Crippen molar-refractivity contribution in [3.63, 3.8) is 0 Å². The Morgan fingerprint density at radius 1 is 0.553 bits per heavy atom. The highest BCUT2D eigenvalue weighted by molar-refractivity contribution is 6.21. The van der Waals surface area contributed by atoms with Gasteiger partial charge in [-0.3, -0.25) is 24.0 Å². The molecular formula is C29H28O9. The molecule has 0 amide bonds. The van der Waals surface area contributed by atoms with E-state index in [-0.39, 0.29) is 64.8 Å². The predicted octanol–water partition coefficient (Wildman–Crippen LogP) is 5.33. The largest absolute Gasteiger partial charge is 0.426 e. The quantitative estimate of drug-likeness (QED) is 0.198. The van der Waals surface area contributed by atoms with Gasteiger partial charge in [-0.2, -0.15) is 0 Å². The number of benzene rings is 3. The van der Waals surface area contributed by atoms with Crippen molar-refractivity contribution in [1.82, 2.24) is 0 Å². The van der Waals surface area contributed by atoms with Crippen LogP contribution in [0.15, 0.2) is 48.5 Å². The van der Waals surface area contributed by atoms with E-state index in [4.69, 9.17) is 18.9 Å². The lowest BCUT2D eigenvalue weighted by atomic mass is 9.94. The standard InChI is InChI=1S/C29H28O9/c1-5-20(30)35-19-16-12-15-18-24(19)27(36-21(31)6-2)29(38-23(33)8-4)28(37-22(32)7-3)25(18)26(34)17-13-10-9-11-14-17/h9-16H,5-8H2,1-4H3. The van der Waals surface area contributed by atoms with Gasteiger partial charge < -0.3 is 18.9 Å². The van der Waals surface area contributed by atoms with Crippen LogP contribution in [0.3, 0.4) is 0 Å². The summed E-state index contributed by atoms with van der Waals surface area (Å²) in [5, 5.41) is 0.194. The molecule has 9 heteroatoms. The summed E-state index contributed by atoms with van der Waals surface area (Å²) in [5.74, 6) is -4.47. The second-order valence-electron chi connectivity index (χ2n) is 8.05. The van der Waals surface area contributed by atoms with Crippen LogP contribution in [0, 0.1) is 0 Å². The maximum absolute atomic E-state index is 13.9. The minimum atomic E-state index is -0.743. The molecule has 0 heterocycles. The number of fused-ring (bicyclic) bond motifs is 1. The molecule has 3 aromatic carbocycles. The Hall–Kier alpha value is -4.53. The molecule has 0 aliphatic rings. The van der Waals surface area contributed by atoms with Crippen LogP contribution in [0.1, 0.15) is 69.3 Å². The second-order valence-corrected chi connectivity index (χ2v) is 8.05. The van der Waals surface area contributed by atoms with Crippen LogP contribution in [0.4, 0.5) is 0 Å². The van der Waals surface area contributed by atoms with Crippen molar-refractivity contribution in [1.29, 1.82) is 0 Å². The molecule has 0 N–H and O–H groups in total. The molecule has 0 unspecified atom stereocenters. The van der Waals surface area contributed by atoms with Crippen LogP contribution < -0.4 is 18.9 Å². The SMILES string of the molecule is CCC(=O)Oc1c(OC(=O)CC)c(OC(=O)CC)c2c(OC(=O)CC)cccc2c1C(=O)c1ccccc1. The first-order chi connectivity index (χ1) is 18.2. The van der Waals surface area contributed by atoms with Crippen LogP contribution in [-0.4, -0.2) is 29.7 Å². The zero-order valence-corrected chi connectivity index (χ0v) is 21.6. The third kappa shape index (κ3) is 6.05. The Balaban J connectivity index is 2.56. The molecule has 0 aromatic heterocycles. The molecule has 0 saturated heterocycles. The average molecular weight is 521 g/mol. The van der Waals surface area contributed by atoms with Gasteiger partial charge in [0, 0.05) is 36.6 Å². The number of carbonyl (C=O) groups is 5. The summed E-state index contributed by atoms with van der Waals surface area (Å²) >= 11 is 0. The lowest BCUT2D eigenvalue weighted by Gasteiger charge is -2.21. The van der Waals surface area contributed by atoms with Crippen molar-refractivity contribution >= 4 is 40.4 Å². The number of rotatable bonds is 10. The van der Waals surface area contributed by atoms with E-state index in [1.54, 1.807) is 58.0 Å². The molecule has 0 aliphatic carbocycles. The van der Waals surface area contributed by atoms with E-state index in [9.17, 15) is 24.0 Å². The van der Waals surface area contributed by atoms with E-state index in [0.717, 1.165) is 0 Å². The smallest absolute Gasteiger partial charge is 0.311 e. The molecule has 9 nitrogen and oxygen atoms in total. The van der Waals surface area contributed by atoms with Crippen molar-refractivity contribution < 1.29 is 42.9 Å². The fourth-order valence-electron chi connectivity index (χ4n) is 3.51. The van der Waals surface area contributed by atoms with Crippen LogP contribution in [0.2, 0.25) is 0 Å². The normalized spacial score (nSPS) is 10.5. The van der Waals surface area contributed by atoms with E-state index >= 15 is 0 Å². The van der Waals surface area contributed by atoms with Crippen LogP contribution in [0.25, 0.3) is 10.8 Å². The Kier molecular flexibility index (Phi) is 9.32. The number of carbonyl (C=O) groups excluding carboxylic acids is 5. The molecule has 0 radical (unpaired) electrons. The summed E-state index contributed by atoms with van der Waals surface area (Å²) in [6, 6.07) is 12.7. The first-order valence-corrected chi connectivity index (χ1v) is 12.3. The van der Waals surface area contributed by atoms with Gasteiger partial charge in [0.25, 0.3) is 0 Å². The van der Waals surface area contributed by atoms with Crippen molar-refractivity contribution in [2.24, 2.45) is 0 Å². The van der Waals surface area contributed by atoms with Gasteiger partial charge in [0.2, 0.25) is 5.75 Å². The summed E-state index contributed by atoms with van der Waals surface area (Å²) in [6.07, 6.45) is -0.139. The number of esters is 4. The van der Waals surface area contributed by atoms with Gasteiger partial charge in [-0.1, -0.05) is 70.2 Å². The molecule has 38 heavy (non-hydrogen) atoms. The van der Waals surface area contributed by atoms with Crippen molar-refractivity contribution in [2.45, 2.75) is 53.4 Å². The number of ketones is 1. The minimum Gasteiger partial charge on any atom is -0.426 e. The summed E-state index contributed by atoms with van der Waals surface area (Å²) in [7, 11) is 0. The second kappa shape index (κ2) is 12.6. The van der Waals surface area contributed by atoms with E-state index in [2.05, 4.69) is 0 Å². The molecule has 0 aliphatic heterocycles. The van der Waals surface area contributed by atoms with E-state index < -0.39 is 35.4 Å². The number of hydrogen-bond donors (Lipinski definition) is 0. The molecule has 0 saturated carbocycles. The molecule has 3 rings (SSSR count). The van der Waals surface area contributed by atoms with E-state index in [1.165, 1.54) is 18.2 Å². The fraction of sp³-hybridized carbons (Fsp3) is 0.276. The van der Waals surface area contributed by atoms with Gasteiger partial charge >= 0.3 is 23.9 Å². The summed E-state index contributed by atoms with van der Waals surface area (Å²) in [6.45, 7) is 6.27. The third-order valence-corrected chi connectivity index (χ3v) is 5.45. The summed E-state index contributed by atoms with van der Waals surface area (Å²) in [4.78, 5) is 63.7. The zero-order chi connectivity index (χ0) is 27.8. The van der Waals surface area contributed by atoms with Crippen LogP contribution in [0.5, 0.6) is 23.0 Å². The lowest BCUT2D eigenvalue weighted by Crippen LogP contribution is -2.17. The Morgan fingerprint density at radius 2 is 1.05 bits per heavy atom. The van der Waals surface area contributed by atoms with Crippen molar-refractivity contribution in [3.05, 3.63) is 59.7 Å². The maximum atomic E-state index is 13.9. The van der Waals surface area contributed by atoms with Gasteiger partial charge in [0.1, 0.15) is 5.75 Å². The van der Waals surface area contributed by atoms with Gasteiger partial charge in [0.05, 0.1) is 10.9 Å². The van der Waals surface area contributed by atoms with Crippen LogP contribution in [-0.2, 0) is 19.2 Å². The van der Waals surface area contributed by atoms with E-state index in [1.807, 2.05) is 0 Å². The number of hydrogen-bond acceptors (Lipinski definition) is 9. The molecule has 0 atom stereocenters. The number of ether oxygens (including phenoxy) is 4. The van der Waals surface area contributed by atoms with Crippen molar-refractivity contribution in [3.8, 4) is 23.0 Å². The Morgan fingerprint density at radius 3 is 1.61 bits per heavy atom. The van der Waals surface area contributed by atoms with Gasteiger partial charge in [-0.25, -0.2) is 0 Å². The summed E-state index contributed by atoms with van der Waals surface area (Å²) in [5.41, 5.74) is 0.127. The fourth-order valence-corrected chi connectivity index (χ4v) is 3.51. The third-order valence-electron chi connectivity index (χ3n) is 5.45. The molecule has 0 bridgehead atoms. The maximum Gasteiger partial charge on any atom is 0.311 e. The Bertz CT molecular complexity index is 1390. The highest BCUT2D eigenvalue weighted by Crippen LogP contribution is 2.51. The molecule has 3 aromatic rings. The van der Waals surface area contributed by atoms with Crippen LogP contribution >= 0.6 is 0 Å².